The van der Waals surface area contributed by atoms with Crippen LogP contribution in [0.5, 0.6) is 0 Å². The molecule has 2 rings (SSSR count). The summed E-state index contributed by atoms with van der Waals surface area (Å²) in [5.41, 5.74) is 1.25. The van der Waals surface area contributed by atoms with E-state index >= 15 is 0 Å². The maximum absolute atomic E-state index is 9.03. The van der Waals surface area contributed by atoms with Gasteiger partial charge in [0.25, 0.3) is 0 Å². The normalized spacial score (nSPS) is 25.0. The van der Waals surface area contributed by atoms with E-state index in [9.17, 15) is 0 Å². The van der Waals surface area contributed by atoms with Crippen molar-refractivity contribution in [3.8, 4) is 0 Å². The molecule has 2 atom stereocenters. The van der Waals surface area contributed by atoms with E-state index in [0.29, 0.717) is 12.1 Å². The molecule has 94 valence electrons. The molecule has 2 unspecified atom stereocenters. The topological polar surface area (TPSA) is 35.5 Å². The van der Waals surface area contributed by atoms with Crippen molar-refractivity contribution in [2.45, 2.75) is 25.4 Å². The number of aliphatic hydroxyl groups is 1. The number of halogens is 1. The zero-order valence-electron chi connectivity index (χ0n) is 10.1. The average Bonchev–Trinajstić information content (AvgIpc) is 2.29. The second-order valence-corrected chi connectivity index (χ2v) is 5.57. The predicted molar refractivity (Wildman–Crippen MR) is 74.4 cm³/mol. The van der Waals surface area contributed by atoms with Crippen molar-refractivity contribution in [2.75, 3.05) is 24.6 Å². The number of aliphatic hydroxyl groups excluding tert-OH is 1. The number of anilines is 1. The Morgan fingerprint density at radius 2 is 2.06 bits per heavy atom. The number of nitrogens with one attached hydrogen (secondary N) is 1. The summed E-state index contributed by atoms with van der Waals surface area (Å²) in [4.78, 5) is 2.38. The van der Waals surface area contributed by atoms with E-state index in [1.165, 1.54) is 5.69 Å². The van der Waals surface area contributed by atoms with Crippen LogP contribution in [-0.4, -0.2) is 36.9 Å². The Kier molecular flexibility index (Phi) is 4.42. The highest BCUT2D eigenvalue weighted by molar-refractivity contribution is 9.10. The van der Waals surface area contributed by atoms with E-state index in [0.717, 1.165) is 24.0 Å². The standard InChI is InChI=1S/C13H19BrN2O/c1-10-8-16(9-12(15-10)6-7-17)13-4-2-11(14)3-5-13/h2-5,10,12,15,17H,6-9H2,1H3. The second-order valence-electron chi connectivity index (χ2n) is 4.66. The lowest BCUT2D eigenvalue weighted by molar-refractivity contribution is 0.250. The molecule has 0 radical (unpaired) electrons. The van der Waals surface area contributed by atoms with Gasteiger partial charge in [0.05, 0.1) is 0 Å². The lowest BCUT2D eigenvalue weighted by Crippen LogP contribution is -2.55. The highest BCUT2D eigenvalue weighted by atomic mass is 79.9. The van der Waals surface area contributed by atoms with Gasteiger partial charge in [0.2, 0.25) is 0 Å². The smallest absolute Gasteiger partial charge is 0.0446 e. The van der Waals surface area contributed by atoms with Crippen LogP contribution in [-0.2, 0) is 0 Å². The van der Waals surface area contributed by atoms with E-state index in [1.54, 1.807) is 0 Å². The van der Waals surface area contributed by atoms with Gasteiger partial charge in [-0.05, 0) is 37.6 Å². The molecule has 0 amide bonds. The Labute approximate surface area is 111 Å². The van der Waals surface area contributed by atoms with Crippen LogP contribution in [0.1, 0.15) is 13.3 Å². The Balaban J connectivity index is 2.06. The SMILES string of the molecule is CC1CN(c2ccc(Br)cc2)CC(CCO)N1. The van der Waals surface area contributed by atoms with Crippen molar-refractivity contribution in [2.24, 2.45) is 0 Å². The van der Waals surface area contributed by atoms with Gasteiger partial charge >= 0.3 is 0 Å². The molecule has 1 aromatic carbocycles. The molecule has 0 saturated carbocycles. The lowest BCUT2D eigenvalue weighted by Gasteiger charge is -2.39. The van der Waals surface area contributed by atoms with Gasteiger partial charge in [-0.15, -0.1) is 0 Å². The third-order valence-corrected chi connectivity index (χ3v) is 3.65. The molecule has 1 saturated heterocycles. The first-order valence-corrected chi connectivity index (χ1v) is 6.86. The van der Waals surface area contributed by atoms with Gasteiger partial charge in [-0.3, -0.25) is 0 Å². The molecule has 4 heteroatoms. The number of hydrogen-bond acceptors (Lipinski definition) is 3. The molecule has 1 aliphatic heterocycles. The Bertz CT molecular complexity index is 355. The molecule has 17 heavy (non-hydrogen) atoms. The zero-order valence-corrected chi connectivity index (χ0v) is 11.7. The summed E-state index contributed by atoms with van der Waals surface area (Å²) in [6.45, 7) is 4.42. The minimum absolute atomic E-state index is 0.249. The van der Waals surface area contributed by atoms with Crippen LogP contribution in [0.2, 0.25) is 0 Å². The van der Waals surface area contributed by atoms with Crippen LogP contribution in [0, 0.1) is 0 Å². The van der Waals surface area contributed by atoms with E-state index in [-0.39, 0.29) is 6.61 Å². The molecule has 0 aliphatic carbocycles. The third-order valence-electron chi connectivity index (χ3n) is 3.12. The van der Waals surface area contributed by atoms with Crippen LogP contribution >= 0.6 is 15.9 Å². The summed E-state index contributed by atoms with van der Waals surface area (Å²) in [6.07, 6.45) is 0.817. The highest BCUT2D eigenvalue weighted by Crippen LogP contribution is 2.21. The third kappa shape index (κ3) is 3.44. The van der Waals surface area contributed by atoms with Gasteiger partial charge in [-0.25, -0.2) is 0 Å². The summed E-state index contributed by atoms with van der Waals surface area (Å²) in [5, 5.41) is 12.6. The number of piperazine rings is 1. The molecular weight excluding hydrogens is 280 g/mol. The summed E-state index contributed by atoms with van der Waals surface area (Å²) < 4.78 is 1.11. The summed E-state index contributed by atoms with van der Waals surface area (Å²) >= 11 is 3.45. The van der Waals surface area contributed by atoms with E-state index in [4.69, 9.17) is 5.11 Å². The summed E-state index contributed by atoms with van der Waals surface area (Å²) in [6, 6.07) is 9.26. The fourth-order valence-electron chi connectivity index (χ4n) is 2.37. The number of rotatable bonds is 3. The number of hydrogen-bond donors (Lipinski definition) is 2. The molecule has 1 aliphatic rings. The Hall–Kier alpha value is -0.580. The van der Waals surface area contributed by atoms with Crippen molar-refractivity contribution < 1.29 is 5.11 Å². The van der Waals surface area contributed by atoms with E-state index in [1.807, 2.05) is 0 Å². The summed E-state index contributed by atoms with van der Waals surface area (Å²) in [7, 11) is 0. The second kappa shape index (κ2) is 5.85. The highest BCUT2D eigenvalue weighted by Gasteiger charge is 2.23. The molecule has 0 aromatic heterocycles. The predicted octanol–water partition coefficient (Wildman–Crippen LogP) is 2.00. The maximum Gasteiger partial charge on any atom is 0.0446 e. The fraction of sp³-hybridized carbons (Fsp3) is 0.538. The van der Waals surface area contributed by atoms with Crippen molar-refractivity contribution >= 4 is 21.6 Å². The van der Waals surface area contributed by atoms with Gasteiger partial charge in [0.15, 0.2) is 0 Å². The van der Waals surface area contributed by atoms with Gasteiger partial charge < -0.3 is 15.3 Å². The van der Waals surface area contributed by atoms with Gasteiger partial charge in [0.1, 0.15) is 0 Å². The molecular formula is C13H19BrN2O. The van der Waals surface area contributed by atoms with Gasteiger partial charge in [-0.2, -0.15) is 0 Å². The zero-order chi connectivity index (χ0) is 12.3. The van der Waals surface area contributed by atoms with Crippen LogP contribution in [0.4, 0.5) is 5.69 Å². The van der Waals surface area contributed by atoms with Crippen molar-refractivity contribution in [3.05, 3.63) is 28.7 Å². The molecule has 1 fully saturated rings. The van der Waals surface area contributed by atoms with Gasteiger partial charge in [0, 0.05) is 41.9 Å². The van der Waals surface area contributed by atoms with Crippen LogP contribution in [0.3, 0.4) is 0 Å². The van der Waals surface area contributed by atoms with Gasteiger partial charge in [-0.1, -0.05) is 15.9 Å². The molecule has 1 heterocycles. The maximum atomic E-state index is 9.03. The minimum Gasteiger partial charge on any atom is -0.396 e. The molecule has 3 nitrogen and oxygen atoms in total. The average molecular weight is 299 g/mol. The lowest BCUT2D eigenvalue weighted by atomic mass is 10.1. The Morgan fingerprint density at radius 1 is 1.35 bits per heavy atom. The van der Waals surface area contributed by atoms with Crippen LogP contribution in [0.15, 0.2) is 28.7 Å². The first-order chi connectivity index (χ1) is 8.19. The molecule has 1 aromatic rings. The van der Waals surface area contributed by atoms with Crippen molar-refractivity contribution in [1.82, 2.24) is 5.32 Å². The minimum atomic E-state index is 0.249. The van der Waals surface area contributed by atoms with Crippen molar-refractivity contribution in [1.29, 1.82) is 0 Å². The quantitative estimate of drug-likeness (QED) is 0.896. The summed E-state index contributed by atoms with van der Waals surface area (Å²) in [5.74, 6) is 0. The molecule has 0 bridgehead atoms. The van der Waals surface area contributed by atoms with E-state index < -0.39 is 0 Å². The first kappa shape index (κ1) is 12.9. The largest absolute Gasteiger partial charge is 0.396 e. The molecule has 2 N–H and O–H groups in total. The first-order valence-electron chi connectivity index (χ1n) is 6.06. The Morgan fingerprint density at radius 3 is 2.71 bits per heavy atom. The van der Waals surface area contributed by atoms with Crippen LogP contribution in [0.25, 0.3) is 0 Å². The number of benzene rings is 1. The number of nitrogens with zero attached hydrogens (tertiary/aromatic N) is 1. The monoisotopic (exact) mass is 298 g/mol. The van der Waals surface area contributed by atoms with Crippen LogP contribution < -0.4 is 10.2 Å². The van der Waals surface area contributed by atoms with E-state index in [2.05, 4.69) is 57.3 Å². The molecule has 0 spiro atoms. The van der Waals surface area contributed by atoms with Crippen molar-refractivity contribution in [3.63, 3.8) is 0 Å². The fourth-order valence-corrected chi connectivity index (χ4v) is 2.64.